The van der Waals surface area contributed by atoms with Crippen LogP contribution in [0.4, 0.5) is 11.4 Å². The van der Waals surface area contributed by atoms with E-state index < -0.39 is 11.8 Å². The van der Waals surface area contributed by atoms with Gasteiger partial charge in [-0.3, -0.25) is 14.4 Å². The molecule has 0 aliphatic carbocycles. The van der Waals surface area contributed by atoms with Crippen molar-refractivity contribution in [2.24, 2.45) is 0 Å². The van der Waals surface area contributed by atoms with Crippen LogP contribution in [0, 0.1) is 6.92 Å². The number of hydrogen-bond donors (Lipinski definition) is 2. The lowest BCUT2D eigenvalue weighted by Crippen LogP contribution is -2.40. The van der Waals surface area contributed by atoms with Crippen LogP contribution in [0.25, 0.3) is 0 Å². The van der Waals surface area contributed by atoms with Gasteiger partial charge in [0, 0.05) is 37.3 Å². The SMILES string of the molecule is Cc1ccc(NC(=O)C(=O)NCC(c2ccc3c(c2)CCO3)N(C)C)cc1N1CCCC1=O. The monoisotopic (exact) mass is 450 g/mol. The highest BCUT2D eigenvalue weighted by Crippen LogP contribution is 2.30. The first-order valence-corrected chi connectivity index (χ1v) is 11.3. The van der Waals surface area contributed by atoms with Crippen LogP contribution in [0.2, 0.25) is 0 Å². The Bertz CT molecular complexity index is 1080. The highest BCUT2D eigenvalue weighted by molar-refractivity contribution is 6.39. The molecule has 0 radical (unpaired) electrons. The second kappa shape index (κ2) is 9.62. The van der Waals surface area contributed by atoms with Gasteiger partial charge < -0.3 is 25.2 Å². The van der Waals surface area contributed by atoms with Crippen LogP contribution < -0.4 is 20.3 Å². The van der Waals surface area contributed by atoms with Gasteiger partial charge in [-0.25, -0.2) is 0 Å². The number of benzene rings is 2. The Morgan fingerprint density at radius 3 is 2.67 bits per heavy atom. The zero-order chi connectivity index (χ0) is 23.5. The molecule has 1 saturated heterocycles. The summed E-state index contributed by atoms with van der Waals surface area (Å²) in [7, 11) is 3.88. The predicted octanol–water partition coefficient (Wildman–Crippen LogP) is 2.41. The predicted molar refractivity (Wildman–Crippen MR) is 126 cm³/mol. The Kier molecular flexibility index (Phi) is 6.65. The average molecular weight is 451 g/mol. The third-order valence-electron chi connectivity index (χ3n) is 6.22. The number of likely N-dealkylation sites (N-methyl/N-ethyl adjacent to an activating group) is 1. The molecule has 1 fully saturated rings. The molecule has 2 aromatic carbocycles. The van der Waals surface area contributed by atoms with Crippen molar-refractivity contribution in [1.29, 1.82) is 0 Å². The van der Waals surface area contributed by atoms with Crippen molar-refractivity contribution in [3.05, 3.63) is 53.1 Å². The third-order valence-corrected chi connectivity index (χ3v) is 6.22. The fourth-order valence-electron chi connectivity index (χ4n) is 4.35. The van der Waals surface area contributed by atoms with Crippen LogP contribution in [-0.4, -0.2) is 56.4 Å². The van der Waals surface area contributed by atoms with Crippen molar-refractivity contribution >= 4 is 29.1 Å². The quantitative estimate of drug-likeness (QED) is 0.660. The Hall–Kier alpha value is -3.39. The van der Waals surface area contributed by atoms with E-state index in [-0.39, 0.29) is 11.9 Å². The van der Waals surface area contributed by atoms with E-state index >= 15 is 0 Å². The molecule has 174 valence electrons. The van der Waals surface area contributed by atoms with Crippen molar-refractivity contribution < 1.29 is 19.1 Å². The molecule has 0 saturated carbocycles. The molecular weight excluding hydrogens is 420 g/mol. The molecule has 8 heteroatoms. The lowest BCUT2D eigenvalue weighted by atomic mass is 10.0. The normalized spacial score (nSPS) is 15.9. The van der Waals surface area contributed by atoms with Gasteiger partial charge >= 0.3 is 11.8 Å². The van der Waals surface area contributed by atoms with E-state index in [1.165, 1.54) is 0 Å². The van der Waals surface area contributed by atoms with Gasteiger partial charge in [-0.05, 0) is 62.3 Å². The smallest absolute Gasteiger partial charge is 0.313 e. The number of nitrogens with zero attached hydrogens (tertiary/aromatic N) is 2. The summed E-state index contributed by atoms with van der Waals surface area (Å²) >= 11 is 0. The van der Waals surface area contributed by atoms with E-state index in [0.717, 1.165) is 41.0 Å². The fraction of sp³-hybridized carbons (Fsp3) is 0.400. The Balaban J connectivity index is 1.39. The van der Waals surface area contributed by atoms with Crippen LogP contribution >= 0.6 is 0 Å². The van der Waals surface area contributed by atoms with Crippen LogP contribution in [0.1, 0.15) is 35.6 Å². The zero-order valence-electron chi connectivity index (χ0n) is 19.3. The summed E-state index contributed by atoms with van der Waals surface area (Å²) in [5, 5.41) is 5.41. The van der Waals surface area contributed by atoms with Gasteiger partial charge in [-0.1, -0.05) is 18.2 Å². The topological polar surface area (TPSA) is 91.0 Å². The molecule has 8 nitrogen and oxygen atoms in total. The van der Waals surface area contributed by atoms with Crippen molar-refractivity contribution in [1.82, 2.24) is 10.2 Å². The third kappa shape index (κ3) is 5.01. The maximum absolute atomic E-state index is 12.5. The van der Waals surface area contributed by atoms with E-state index in [9.17, 15) is 14.4 Å². The van der Waals surface area contributed by atoms with E-state index in [0.29, 0.717) is 31.8 Å². The van der Waals surface area contributed by atoms with Crippen LogP contribution in [0.15, 0.2) is 36.4 Å². The molecule has 0 spiro atoms. The number of anilines is 2. The number of hydrogen-bond acceptors (Lipinski definition) is 5. The second-order valence-electron chi connectivity index (χ2n) is 8.76. The molecule has 0 aromatic heterocycles. The van der Waals surface area contributed by atoms with E-state index in [1.54, 1.807) is 17.0 Å². The molecule has 0 bridgehead atoms. The van der Waals surface area contributed by atoms with Crippen molar-refractivity contribution in [3.63, 3.8) is 0 Å². The zero-order valence-corrected chi connectivity index (χ0v) is 19.3. The number of carbonyl (C=O) groups excluding carboxylic acids is 3. The molecule has 2 aliphatic heterocycles. The summed E-state index contributed by atoms with van der Waals surface area (Å²) < 4.78 is 5.58. The van der Waals surface area contributed by atoms with Gasteiger partial charge in [-0.2, -0.15) is 0 Å². The highest BCUT2D eigenvalue weighted by Gasteiger charge is 2.24. The fourth-order valence-corrected chi connectivity index (χ4v) is 4.35. The minimum atomic E-state index is -0.739. The van der Waals surface area contributed by atoms with E-state index in [4.69, 9.17) is 4.74 Å². The minimum Gasteiger partial charge on any atom is -0.493 e. The summed E-state index contributed by atoms with van der Waals surface area (Å²) in [5.41, 5.74) is 4.42. The summed E-state index contributed by atoms with van der Waals surface area (Å²) in [6, 6.07) is 11.3. The Morgan fingerprint density at radius 1 is 1.12 bits per heavy atom. The van der Waals surface area contributed by atoms with Crippen LogP contribution in [0.3, 0.4) is 0 Å². The first kappa shape index (κ1) is 22.8. The van der Waals surface area contributed by atoms with Crippen LogP contribution in [-0.2, 0) is 20.8 Å². The van der Waals surface area contributed by atoms with Gasteiger partial charge in [0.15, 0.2) is 0 Å². The molecule has 2 aliphatic rings. The molecule has 3 amide bonds. The van der Waals surface area contributed by atoms with Crippen molar-refractivity contribution in [3.8, 4) is 5.75 Å². The number of rotatable bonds is 6. The molecule has 1 unspecified atom stereocenters. The lowest BCUT2D eigenvalue weighted by Gasteiger charge is -2.25. The van der Waals surface area contributed by atoms with E-state index in [1.807, 2.05) is 44.1 Å². The molecule has 2 heterocycles. The number of aryl methyl sites for hydroxylation is 1. The van der Waals surface area contributed by atoms with Crippen molar-refractivity contribution in [2.75, 3.05) is 44.0 Å². The standard InChI is InChI=1S/C25H30N4O4/c1-16-6-8-19(14-20(16)29-11-4-5-23(29)30)27-25(32)24(31)26-15-21(28(2)3)17-7-9-22-18(13-17)10-12-33-22/h6-9,13-14,21H,4-5,10-12,15H2,1-3H3,(H,26,31)(H,27,32). The highest BCUT2D eigenvalue weighted by atomic mass is 16.5. The largest absolute Gasteiger partial charge is 0.493 e. The summed E-state index contributed by atoms with van der Waals surface area (Å²) in [6.07, 6.45) is 2.23. The molecule has 2 N–H and O–H groups in total. The molecule has 4 rings (SSSR count). The maximum atomic E-state index is 12.5. The summed E-state index contributed by atoms with van der Waals surface area (Å²) in [4.78, 5) is 40.9. The van der Waals surface area contributed by atoms with Gasteiger partial charge in [0.25, 0.3) is 0 Å². The number of ether oxygens (including phenoxy) is 1. The van der Waals surface area contributed by atoms with E-state index in [2.05, 4.69) is 16.7 Å². The Labute approximate surface area is 193 Å². The number of fused-ring (bicyclic) bond motifs is 1. The summed E-state index contributed by atoms with van der Waals surface area (Å²) in [5.74, 6) is -0.456. The minimum absolute atomic E-state index is 0.0761. The first-order valence-electron chi connectivity index (χ1n) is 11.3. The Morgan fingerprint density at radius 2 is 1.94 bits per heavy atom. The van der Waals surface area contributed by atoms with Gasteiger partial charge in [0.2, 0.25) is 5.91 Å². The number of carbonyl (C=O) groups is 3. The van der Waals surface area contributed by atoms with Gasteiger partial charge in [-0.15, -0.1) is 0 Å². The maximum Gasteiger partial charge on any atom is 0.313 e. The second-order valence-corrected chi connectivity index (χ2v) is 8.76. The first-order chi connectivity index (χ1) is 15.8. The number of nitrogens with one attached hydrogen (secondary N) is 2. The molecule has 2 aromatic rings. The van der Waals surface area contributed by atoms with Crippen molar-refractivity contribution in [2.45, 2.75) is 32.2 Å². The number of amides is 3. The molecule has 1 atom stereocenters. The lowest BCUT2D eigenvalue weighted by molar-refractivity contribution is -0.136. The average Bonchev–Trinajstić information content (AvgIpc) is 3.43. The summed E-state index contributed by atoms with van der Waals surface area (Å²) in [6.45, 7) is 3.57. The van der Waals surface area contributed by atoms with Gasteiger partial charge in [0.05, 0.1) is 12.6 Å². The van der Waals surface area contributed by atoms with Crippen LogP contribution in [0.5, 0.6) is 5.75 Å². The molecule has 33 heavy (non-hydrogen) atoms. The molecular formula is C25H30N4O4. The van der Waals surface area contributed by atoms with Gasteiger partial charge in [0.1, 0.15) is 5.75 Å².